The van der Waals surface area contributed by atoms with Crippen molar-refractivity contribution in [2.75, 3.05) is 44.8 Å². The number of carbonyl (C=O) groups excluding carboxylic acids is 2. The Morgan fingerprint density at radius 2 is 1.89 bits per heavy atom. The molecule has 1 aromatic carbocycles. The monoisotopic (exact) mass is 542 g/mol. The highest BCUT2D eigenvalue weighted by Crippen LogP contribution is 2.24. The number of rotatable bonds is 14. The van der Waals surface area contributed by atoms with E-state index in [-0.39, 0.29) is 17.9 Å². The molecule has 8 nitrogen and oxygen atoms in total. The van der Waals surface area contributed by atoms with Crippen molar-refractivity contribution in [3.8, 4) is 0 Å². The van der Waals surface area contributed by atoms with Gasteiger partial charge in [0.2, 0.25) is 0 Å². The molecule has 0 aromatic heterocycles. The maximum atomic E-state index is 12.4. The van der Waals surface area contributed by atoms with Gasteiger partial charge in [-0.1, -0.05) is 18.2 Å². The lowest BCUT2D eigenvalue weighted by Gasteiger charge is -2.32. The number of piperidine rings is 1. The van der Waals surface area contributed by atoms with E-state index in [1.54, 1.807) is 11.8 Å². The van der Waals surface area contributed by atoms with Crippen molar-refractivity contribution in [1.82, 2.24) is 10.2 Å². The fraction of sp³-hybridized carbons (Fsp3) is 0.692. The first kappa shape index (κ1) is 30.7. The lowest BCUT2D eigenvalue weighted by molar-refractivity contribution is -0.150. The molecule has 2 rings (SSSR count). The van der Waals surface area contributed by atoms with Crippen molar-refractivity contribution in [2.45, 2.75) is 69.9 Å². The highest BCUT2D eigenvalue weighted by Gasteiger charge is 2.27. The van der Waals surface area contributed by atoms with Gasteiger partial charge in [0.05, 0.1) is 19.1 Å². The molecular weight excluding hydrogens is 499 g/mol. The summed E-state index contributed by atoms with van der Waals surface area (Å²) < 4.78 is 27.5. The van der Waals surface area contributed by atoms with Crippen LogP contribution in [0.2, 0.25) is 0 Å². The Morgan fingerprint density at radius 3 is 2.53 bits per heavy atom. The lowest BCUT2D eigenvalue weighted by Crippen LogP contribution is -2.43. The standard InChI is InChI=1S/C26H43N2O6PS/c1-5-33-35(31)19-9-18-32-24(29)21-12-15-28(16-13-21)17-14-22(27-25(30)34-26(2,3)4)20-36-23-10-7-6-8-11-23/h6-8,10-11,21-22,35H,5,9,12-20H2,1-4H3,(H,27,30)/t22-/m1/s1. The Balaban J connectivity index is 1.74. The molecule has 1 N–H and O–H groups in total. The van der Waals surface area contributed by atoms with Crippen LogP contribution in [0.4, 0.5) is 4.79 Å². The van der Waals surface area contributed by atoms with Crippen molar-refractivity contribution in [1.29, 1.82) is 0 Å². The van der Waals surface area contributed by atoms with E-state index in [1.165, 1.54) is 0 Å². The molecule has 0 bridgehead atoms. The number of thioether (sulfide) groups is 1. The van der Waals surface area contributed by atoms with Gasteiger partial charge in [-0.25, -0.2) is 4.79 Å². The molecule has 0 radical (unpaired) electrons. The van der Waals surface area contributed by atoms with Crippen LogP contribution >= 0.6 is 19.8 Å². The smallest absolute Gasteiger partial charge is 0.407 e. The second-order valence-corrected chi connectivity index (χ2v) is 12.6. The normalized spacial score (nSPS) is 16.8. The highest BCUT2D eigenvalue weighted by molar-refractivity contribution is 7.99. The molecule has 1 heterocycles. The van der Waals surface area contributed by atoms with Gasteiger partial charge in [0.15, 0.2) is 8.03 Å². The van der Waals surface area contributed by atoms with E-state index in [0.29, 0.717) is 25.8 Å². The maximum Gasteiger partial charge on any atom is 0.407 e. The van der Waals surface area contributed by atoms with Crippen LogP contribution in [0.5, 0.6) is 0 Å². The fourth-order valence-electron chi connectivity index (χ4n) is 3.86. The molecule has 1 saturated heterocycles. The van der Waals surface area contributed by atoms with Gasteiger partial charge in [-0.05, 0) is 78.6 Å². The minimum Gasteiger partial charge on any atom is -0.465 e. The molecule has 0 saturated carbocycles. The van der Waals surface area contributed by atoms with Crippen molar-refractivity contribution in [3.63, 3.8) is 0 Å². The van der Waals surface area contributed by atoms with Gasteiger partial charge in [0.25, 0.3) is 0 Å². The van der Waals surface area contributed by atoms with Crippen molar-refractivity contribution >= 4 is 31.9 Å². The molecule has 1 aromatic rings. The minimum absolute atomic E-state index is 0.0307. The number of likely N-dealkylation sites (tertiary alicyclic amines) is 1. The topological polar surface area (TPSA) is 94.2 Å². The maximum absolute atomic E-state index is 12.4. The summed E-state index contributed by atoms with van der Waals surface area (Å²) in [6.07, 6.45) is 2.94. The Hall–Kier alpha value is -1.54. The second-order valence-electron chi connectivity index (χ2n) is 9.95. The predicted molar refractivity (Wildman–Crippen MR) is 145 cm³/mol. The van der Waals surface area contributed by atoms with Crippen LogP contribution < -0.4 is 5.32 Å². The number of hydrogen-bond acceptors (Lipinski definition) is 8. The molecule has 204 valence electrons. The van der Waals surface area contributed by atoms with Gasteiger partial charge in [-0.2, -0.15) is 0 Å². The number of nitrogens with one attached hydrogen (secondary N) is 1. The van der Waals surface area contributed by atoms with E-state index >= 15 is 0 Å². The Morgan fingerprint density at radius 1 is 1.19 bits per heavy atom. The van der Waals surface area contributed by atoms with Crippen LogP contribution in [0.25, 0.3) is 0 Å². The van der Waals surface area contributed by atoms with Gasteiger partial charge in [0.1, 0.15) is 5.60 Å². The average molecular weight is 543 g/mol. The molecule has 0 spiro atoms. The van der Waals surface area contributed by atoms with E-state index in [0.717, 1.165) is 49.5 Å². The summed E-state index contributed by atoms with van der Waals surface area (Å²) >= 11 is 1.72. The van der Waals surface area contributed by atoms with Gasteiger partial charge >= 0.3 is 12.1 Å². The molecule has 1 aliphatic rings. The Kier molecular flexibility index (Phi) is 13.9. The first-order valence-corrected chi connectivity index (χ1v) is 15.4. The largest absolute Gasteiger partial charge is 0.465 e. The lowest BCUT2D eigenvalue weighted by atomic mass is 9.97. The average Bonchev–Trinajstić information content (AvgIpc) is 2.83. The van der Waals surface area contributed by atoms with E-state index < -0.39 is 19.7 Å². The third-order valence-electron chi connectivity index (χ3n) is 5.70. The van der Waals surface area contributed by atoms with Crippen LogP contribution in [-0.4, -0.2) is 73.4 Å². The quantitative estimate of drug-likeness (QED) is 0.148. The molecule has 1 fully saturated rings. The van der Waals surface area contributed by atoms with Gasteiger partial charge < -0.3 is 24.2 Å². The van der Waals surface area contributed by atoms with Crippen LogP contribution in [0.3, 0.4) is 0 Å². The van der Waals surface area contributed by atoms with Crippen molar-refractivity contribution in [3.05, 3.63) is 30.3 Å². The number of alkyl carbamates (subject to hydrolysis) is 1. The molecule has 0 aliphatic carbocycles. The number of esters is 1. The number of carbonyl (C=O) groups is 2. The Bertz CT molecular complexity index is 812. The number of benzene rings is 1. The van der Waals surface area contributed by atoms with Crippen molar-refractivity contribution < 1.29 is 28.2 Å². The summed E-state index contributed by atoms with van der Waals surface area (Å²) in [4.78, 5) is 28.3. The van der Waals surface area contributed by atoms with E-state index in [4.69, 9.17) is 14.0 Å². The SMILES string of the molecule is CCO[PH](=O)CCCOC(=O)C1CCN(CC[C@H](CSc2ccccc2)NC(=O)OC(C)(C)C)CC1. The number of ether oxygens (including phenoxy) is 2. The summed E-state index contributed by atoms with van der Waals surface area (Å²) in [6, 6.07) is 10.1. The zero-order chi connectivity index (χ0) is 26.4. The summed E-state index contributed by atoms with van der Waals surface area (Å²) in [7, 11) is -2.00. The van der Waals surface area contributed by atoms with Crippen LogP contribution in [-0.2, 0) is 23.4 Å². The molecule has 36 heavy (non-hydrogen) atoms. The van der Waals surface area contributed by atoms with Crippen LogP contribution in [0.1, 0.15) is 53.4 Å². The van der Waals surface area contributed by atoms with Gasteiger partial charge in [-0.3, -0.25) is 9.36 Å². The molecule has 1 unspecified atom stereocenters. The first-order chi connectivity index (χ1) is 17.2. The summed E-state index contributed by atoms with van der Waals surface area (Å²) in [6.45, 7) is 10.6. The first-order valence-electron chi connectivity index (χ1n) is 12.9. The van der Waals surface area contributed by atoms with Gasteiger partial charge in [-0.15, -0.1) is 11.8 Å². The van der Waals surface area contributed by atoms with E-state index in [1.807, 2.05) is 45.9 Å². The molecule has 1 amide bonds. The van der Waals surface area contributed by atoms with Crippen LogP contribution in [0.15, 0.2) is 35.2 Å². The Labute approximate surface area is 221 Å². The molecule has 1 aliphatic heterocycles. The summed E-state index contributed by atoms with van der Waals surface area (Å²) in [5.41, 5.74) is -0.543. The van der Waals surface area contributed by atoms with E-state index in [2.05, 4.69) is 22.3 Å². The number of amides is 1. The predicted octanol–water partition coefficient (Wildman–Crippen LogP) is 5.22. The number of hydrogen-bond donors (Lipinski definition) is 1. The van der Waals surface area contributed by atoms with Crippen molar-refractivity contribution in [2.24, 2.45) is 5.92 Å². The second kappa shape index (κ2) is 16.3. The third kappa shape index (κ3) is 13.1. The summed E-state index contributed by atoms with van der Waals surface area (Å²) in [5, 5.41) is 3.04. The summed E-state index contributed by atoms with van der Waals surface area (Å²) in [5.74, 6) is 0.505. The third-order valence-corrected chi connectivity index (χ3v) is 8.25. The zero-order valence-electron chi connectivity index (χ0n) is 22.1. The molecule has 10 heteroatoms. The van der Waals surface area contributed by atoms with Gasteiger partial charge in [0, 0.05) is 29.4 Å². The highest BCUT2D eigenvalue weighted by atomic mass is 32.2. The zero-order valence-corrected chi connectivity index (χ0v) is 23.9. The molecule has 2 atom stereocenters. The molecular formula is C26H43N2O6PS. The van der Waals surface area contributed by atoms with E-state index in [9.17, 15) is 14.2 Å². The minimum atomic E-state index is -2.00. The number of nitrogens with zero attached hydrogens (tertiary/aromatic N) is 1. The fourth-order valence-corrected chi connectivity index (χ4v) is 5.75. The van der Waals surface area contributed by atoms with Crippen LogP contribution in [0, 0.1) is 5.92 Å².